The van der Waals surface area contributed by atoms with Crippen molar-refractivity contribution >= 4 is 5.97 Å². The van der Waals surface area contributed by atoms with Crippen molar-refractivity contribution in [3.63, 3.8) is 0 Å². The number of rotatable bonds is 7. The molecule has 6 nitrogen and oxygen atoms in total. The van der Waals surface area contributed by atoms with Crippen LogP contribution in [0.2, 0.25) is 0 Å². The maximum Gasteiger partial charge on any atom is 0.308 e. The monoisotopic (exact) mass is 294 g/mol. The Labute approximate surface area is 125 Å². The van der Waals surface area contributed by atoms with Crippen molar-refractivity contribution in [2.45, 2.75) is 71.3 Å². The van der Waals surface area contributed by atoms with Gasteiger partial charge in [0, 0.05) is 5.92 Å². The lowest BCUT2D eigenvalue weighted by molar-refractivity contribution is -0.141. The van der Waals surface area contributed by atoms with Crippen molar-refractivity contribution in [3.05, 3.63) is 5.82 Å². The third-order valence-electron chi connectivity index (χ3n) is 4.61. The van der Waals surface area contributed by atoms with E-state index < -0.39 is 11.9 Å². The molecule has 0 amide bonds. The first-order valence-corrected chi connectivity index (χ1v) is 8.10. The summed E-state index contributed by atoms with van der Waals surface area (Å²) in [5.74, 6) is 0.840. The van der Waals surface area contributed by atoms with Crippen LogP contribution in [0.25, 0.3) is 0 Å². The largest absolute Gasteiger partial charge is 0.481 e. The van der Waals surface area contributed by atoms with Crippen LogP contribution in [0.4, 0.5) is 0 Å². The van der Waals surface area contributed by atoms with E-state index in [9.17, 15) is 4.79 Å². The predicted octanol–water partition coefficient (Wildman–Crippen LogP) is 2.86. The van der Waals surface area contributed by atoms with Crippen LogP contribution >= 0.6 is 0 Å². The van der Waals surface area contributed by atoms with Crippen LogP contribution < -0.4 is 0 Å². The number of aromatic nitrogens is 4. The van der Waals surface area contributed by atoms with Gasteiger partial charge >= 0.3 is 5.97 Å². The number of aliphatic carboxylic acids is 1. The Morgan fingerprint density at radius 3 is 2.71 bits per heavy atom. The minimum Gasteiger partial charge on any atom is -0.481 e. The van der Waals surface area contributed by atoms with Gasteiger partial charge in [0.1, 0.15) is 0 Å². The lowest BCUT2D eigenvalue weighted by Gasteiger charge is -2.27. The Kier molecular flexibility index (Phi) is 5.70. The first-order chi connectivity index (χ1) is 10.1. The Morgan fingerprint density at radius 1 is 1.38 bits per heavy atom. The van der Waals surface area contributed by atoms with Crippen LogP contribution in [0.3, 0.4) is 0 Å². The molecule has 1 fully saturated rings. The average Bonchev–Trinajstić information content (AvgIpc) is 2.93. The summed E-state index contributed by atoms with van der Waals surface area (Å²) in [6.07, 6.45) is 8.66. The number of tetrazole rings is 1. The summed E-state index contributed by atoms with van der Waals surface area (Å²) in [5.41, 5.74) is 0. The van der Waals surface area contributed by atoms with Crippen LogP contribution in [0, 0.1) is 11.8 Å². The standard InChI is InChI=1S/C15H26N4O2/c1-3-4-5-12-6-8-13(9-7-12)14-16-17-18-19(14)10-11(2)15(20)21/h11-13H,3-10H2,1-2H3,(H,20,21). The molecule has 118 valence electrons. The topological polar surface area (TPSA) is 80.9 Å². The quantitative estimate of drug-likeness (QED) is 0.836. The van der Waals surface area contributed by atoms with E-state index in [4.69, 9.17) is 5.11 Å². The second kappa shape index (κ2) is 7.52. The molecule has 1 N–H and O–H groups in total. The van der Waals surface area contributed by atoms with Gasteiger partial charge in [-0.3, -0.25) is 4.79 Å². The van der Waals surface area contributed by atoms with Crippen molar-refractivity contribution < 1.29 is 9.90 Å². The molecule has 21 heavy (non-hydrogen) atoms. The Morgan fingerprint density at radius 2 is 2.10 bits per heavy atom. The maximum atomic E-state index is 11.0. The Balaban J connectivity index is 1.92. The van der Waals surface area contributed by atoms with Gasteiger partial charge in [0.2, 0.25) is 0 Å². The van der Waals surface area contributed by atoms with Crippen molar-refractivity contribution in [2.24, 2.45) is 11.8 Å². The highest BCUT2D eigenvalue weighted by molar-refractivity contribution is 5.69. The van der Waals surface area contributed by atoms with Crippen LogP contribution in [-0.2, 0) is 11.3 Å². The molecule has 0 spiro atoms. The molecule has 2 rings (SSSR count). The molecule has 0 saturated heterocycles. The lowest BCUT2D eigenvalue weighted by Crippen LogP contribution is -2.22. The van der Waals surface area contributed by atoms with Gasteiger partial charge in [-0.25, -0.2) is 4.68 Å². The van der Waals surface area contributed by atoms with Gasteiger partial charge < -0.3 is 5.11 Å². The molecule has 1 aromatic heterocycles. The van der Waals surface area contributed by atoms with E-state index in [0.717, 1.165) is 24.6 Å². The van der Waals surface area contributed by atoms with Crippen LogP contribution in [0.5, 0.6) is 0 Å². The molecular formula is C15H26N4O2. The van der Waals surface area contributed by atoms with Crippen LogP contribution in [-0.4, -0.2) is 31.3 Å². The number of carbonyl (C=O) groups is 1. The average molecular weight is 294 g/mol. The summed E-state index contributed by atoms with van der Waals surface area (Å²) in [7, 11) is 0. The number of hydrogen-bond acceptors (Lipinski definition) is 4. The second-order valence-corrected chi connectivity index (χ2v) is 6.32. The summed E-state index contributed by atoms with van der Waals surface area (Å²) in [4.78, 5) is 11.0. The van der Waals surface area contributed by atoms with E-state index in [1.165, 1.54) is 32.1 Å². The first-order valence-electron chi connectivity index (χ1n) is 8.10. The zero-order chi connectivity index (χ0) is 15.2. The SMILES string of the molecule is CCCCC1CCC(c2nnnn2CC(C)C(=O)O)CC1. The molecular weight excluding hydrogens is 268 g/mol. The number of carboxylic acids is 1. The van der Waals surface area contributed by atoms with Gasteiger partial charge in [-0.15, -0.1) is 5.10 Å². The normalized spacial score (nSPS) is 23.9. The zero-order valence-electron chi connectivity index (χ0n) is 13.0. The van der Waals surface area contributed by atoms with E-state index in [-0.39, 0.29) is 0 Å². The number of nitrogens with zero attached hydrogens (tertiary/aromatic N) is 4. The molecule has 1 saturated carbocycles. The summed E-state index contributed by atoms with van der Waals surface area (Å²) >= 11 is 0. The van der Waals surface area contributed by atoms with Crippen LogP contribution in [0.15, 0.2) is 0 Å². The van der Waals surface area contributed by atoms with Crippen molar-refractivity contribution in [1.29, 1.82) is 0 Å². The predicted molar refractivity (Wildman–Crippen MR) is 78.8 cm³/mol. The third kappa shape index (κ3) is 4.25. The molecule has 0 aliphatic heterocycles. The van der Waals surface area contributed by atoms with E-state index in [2.05, 4.69) is 22.4 Å². The molecule has 1 aromatic rings. The lowest BCUT2D eigenvalue weighted by atomic mass is 9.79. The van der Waals surface area contributed by atoms with Gasteiger partial charge in [0.25, 0.3) is 0 Å². The molecule has 0 bridgehead atoms. The first kappa shape index (κ1) is 15.9. The fourth-order valence-corrected chi connectivity index (χ4v) is 3.17. The molecule has 1 aliphatic rings. The maximum absolute atomic E-state index is 11.0. The number of hydrogen-bond donors (Lipinski definition) is 1. The smallest absolute Gasteiger partial charge is 0.308 e. The van der Waals surface area contributed by atoms with E-state index in [1.54, 1.807) is 11.6 Å². The van der Waals surface area contributed by atoms with Gasteiger partial charge in [-0.2, -0.15) is 0 Å². The Bertz CT molecular complexity index is 452. The van der Waals surface area contributed by atoms with Crippen LogP contribution in [0.1, 0.15) is 70.5 Å². The fraction of sp³-hybridized carbons (Fsp3) is 0.867. The molecule has 1 unspecified atom stereocenters. The minimum absolute atomic E-state index is 0.355. The van der Waals surface area contributed by atoms with Crippen molar-refractivity contribution in [1.82, 2.24) is 20.2 Å². The molecule has 6 heteroatoms. The summed E-state index contributed by atoms with van der Waals surface area (Å²) in [5, 5.41) is 20.9. The molecule has 1 heterocycles. The van der Waals surface area contributed by atoms with Crippen molar-refractivity contribution in [3.8, 4) is 0 Å². The minimum atomic E-state index is -0.806. The van der Waals surface area contributed by atoms with Gasteiger partial charge in [0.15, 0.2) is 5.82 Å². The van der Waals surface area contributed by atoms with Crippen molar-refractivity contribution in [2.75, 3.05) is 0 Å². The highest BCUT2D eigenvalue weighted by atomic mass is 16.4. The summed E-state index contributed by atoms with van der Waals surface area (Å²) in [6.45, 7) is 4.28. The highest BCUT2D eigenvalue weighted by Crippen LogP contribution is 2.36. The second-order valence-electron chi connectivity index (χ2n) is 6.32. The molecule has 1 aliphatic carbocycles. The highest BCUT2D eigenvalue weighted by Gasteiger charge is 2.27. The van der Waals surface area contributed by atoms with Gasteiger partial charge in [-0.05, 0) is 42.0 Å². The fourth-order valence-electron chi connectivity index (χ4n) is 3.17. The zero-order valence-corrected chi connectivity index (χ0v) is 13.0. The third-order valence-corrected chi connectivity index (χ3v) is 4.61. The molecule has 0 aromatic carbocycles. The van der Waals surface area contributed by atoms with E-state index >= 15 is 0 Å². The van der Waals surface area contributed by atoms with Gasteiger partial charge in [0.05, 0.1) is 12.5 Å². The molecule has 1 atom stereocenters. The number of carboxylic acid groups (broad SMARTS) is 1. The van der Waals surface area contributed by atoms with Gasteiger partial charge in [-0.1, -0.05) is 33.1 Å². The summed E-state index contributed by atoms with van der Waals surface area (Å²) in [6, 6.07) is 0. The molecule has 0 radical (unpaired) electrons. The summed E-state index contributed by atoms with van der Waals surface area (Å²) < 4.78 is 1.69. The number of unbranched alkanes of at least 4 members (excludes halogenated alkanes) is 1. The van der Waals surface area contributed by atoms with E-state index in [1.807, 2.05) is 0 Å². The van der Waals surface area contributed by atoms with E-state index in [0.29, 0.717) is 12.5 Å². The Hall–Kier alpha value is -1.46.